The average molecular weight is 210 g/mol. The minimum atomic E-state index is 0.0535. The topological polar surface area (TPSA) is 32.3 Å². The quantitative estimate of drug-likeness (QED) is 0.717. The van der Waals surface area contributed by atoms with Crippen molar-refractivity contribution in [2.45, 2.75) is 51.7 Å². The normalized spacial score (nSPS) is 26.8. The summed E-state index contributed by atoms with van der Waals surface area (Å²) in [5, 5.41) is 3.51. The van der Waals surface area contributed by atoms with Gasteiger partial charge in [-0.2, -0.15) is 0 Å². The van der Waals surface area contributed by atoms with Crippen LogP contribution in [0.5, 0.6) is 0 Å². The van der Waals surface area contributed by atoms with Gasteiger partial charge in [0.05, 0.1) is 0 Å². The molecule has 1 saturated heterocycles. The molecule has 0 aliphatic carbocycles. The van der Waals surface area contributed by atoms with E-state index < -0.39 is 0 Å². The highest BCUT2D eigenvalue weighted by molar-refractivity contribution is 5.87. The van der Waals surface area contributed by atoms with Crippen LogP contribution in [0, 0.1) is 0 Å². The van der Waals surface area contributed by atoms with E-state index in [9.17, 15) is 4.79 Å². The van der Waals surface area contributed by atoms with Gasteiger partial charge in [0.1, 0.15) is 0 Å². The second-order valence-electron chi connectivity index (χ2n) is 4.55. The second-order valence-corrected chi connectivity index (χ2v) is 4.55. The van der Waals surface area contributed by atoms with Crippen LogP contribution >= 0.6 is 0 Å². The molecule has 3 nitrogen and oxygen atoms in total. The van der Waals surface area contributed by atoms with Crippen molar-refractivity contribution < 1.29 is 4.79 Å². The molecule has 0 radical (unpaired) electrons. The predicted molar refractivity (Wildman–Crippen MR) is 62.7 cm³/mol. The summed E-state index contributed by atoms with van der Waals surface area (Å²) in [4.78, 5) is 13.5. The van der Waals surface area contributed by atoms with E-state index in [2.05, 4.69) is 32.7 Å². The molecule has 1 fully saturated rings. The summed E-state index contributed by atoms with van der Waals surface area (Å²) in [5.41, 5.74) is 0. The van der Waals surface area contributed by atoms with Gasteiger partial charge in [-0.1, -0.05) is 20.4 Å². The lowest BCUT2D eigenvalue weighted by atomic mass is 9.96. The molecule has 3 heteroatoms. The Labute approximate surface area is 92.5 Å². The van der Waals surface area contributed by atoms with Gasteiger partial charge in [0.25, 0.3) is 0 Å². The lowest BCUT2D eigenvalue weighted by Gasteiger charge is -2.40. The molecule has 0 bridgehead atoms. The Morgan fingerprint density at radius 1 is 1.60 bits per heavy atom. The van der Waals surface area contributed by atoms with E-state index >= 15 is 0 Å². The van der Waals surface area contributed by atoms with Crippen molar-refractivity contribution in [2.75, 3.05) is 6.54 Å². The number of carbonyl (C=O) groups is 1. The van der Waals surface area contributed by atoms with Crippen LogP contribution in [0.1, 0.15) is 33.6 Å². The van der Waals surface area contributed by atoms with E-state index in [1.54, 1.807) is 0 Å². The van der Waals surface area contributed by atoms with Crippen molar-refractivity contribution in [1.29, 1.82) is 0 Å². The van der Waals surface area contributed by atoms with Gasteiger partial charge < -0.3 is 10.2 Å². The van der Waals surface area contributed by atoms with Crippen molar-refractivity contribution in [1.82, 2.24) is 10.2 Å². The van der Waals surface area contributed by atoms with E-state index in [1.807, 2.05) is 4.90 Å². The van der Waals surface area contributed by atoms with E-state index in [1.165, 1.54) is 6.08 Å². The van der Waals surface area contributed by atoms with E-state index in [0.29, 0.717) is 12.1 Å². The number of amides is 1. The maximum absolute atomic E-state index is 11.6. The van der Waals surface area contributed by atoms with Crippen LogP contribution in [0.2, 0.25) is 0 Å². The summed E-state index contributed by atoms with van der Waals surface area (Å²) in [6.07, 6.45) is 3.64. The third-order valence-corrected chi connectivity index (χ3v) is 2.99. The Bertz CT molecular complexity index is 238. The Morgan fingerprint density at radius 3 is 2.80 bits per heavy atom. The highest BCUT2D eigenvalue weighted by Gasteiger charge is 2.29. The highest BCUT2D eigenvalue weighted by atomic mass is 16.2. The molecule has 1 rings (SSSR count). The van der Waals surface area contributed by atoms with Crippen LogP contribution in [0.15, 0.2) is 12.7 Å². The van der Waals surface area contributed by atoms with Crippen LogP contribution in [-0.2, 0) is 4.79 Å². The molecule has 2 atom stereocenters. The van der Waals surface area contributed by atoms with Gasteiger partial charge in [-0.3, -0.25) is 4.79 Å². The lowest BCUT2D eigenvalue weighted by Crippen LogP contribution is -2.55. The molecule has 86 valence electrons. The summed E-state index contributed by atoms with van der Waals surface area (Å²) in [6, 6.07) is 1.16. The molecule has 0 aromatic heterocycles. The van der Waals surface area contributed by atoms with Crippen molar-refractivity contribution in [3.8, 4) is 0 Å². The summed E-state index contributed by atoms with van der Waals surface area (Å²) in [7, 11) is 0. The Morgan fingerprint density at radius 2 is 2.27 bits per heavy atom. The molecule has 0 unspecified atom stereocenters. The highest BCUT2D eigenvalue weighted by Crippen LogP contribution is 2.18. The standard InChI is InChI=1S/C12H22N2O/c1-5-12(15)14-8-6-7-11(10(14)4)13-9(2)3/h5,9-11,13H,1,6-8H2,2-4H3/t10-,11-/m1/s1. The smallest absolute Gasteiger partial charge is 0.246 e. The van der Waals surface area contributed by atoms with Crippen molar-refractivity contribution in [3.05, 3.63) is 12.7 Å². The Kier molecular flexibility index (Phi) is 4.33. The third kappa shape index (κ3) is 3.06. The molecule has 0 aromatic carbocycles. The number of likely N-dealkylation sites (tertiary alicyclic amines) is 1. The molecule has 1 heterocycles. The molecule has 0 aromatic rings. The molecule has 0 saturated carbocycles. The van der Waals surface area contributed by atoms with Crippen molar-refractivity contribution >= 4 is 5.91 Å². The number of nitrogens with zero attached hydrogens (tertiary/aromatic N) is 1. The van der Waals surface area contributed by atoms with Gasteiger partial charge in [0, 0.05) is 24.7 Å². The predicted octanol–water partition coefficient (Wildman–Crippen LogP) is 1.55. The van der Waals surface area contributed by atoms with E-state index in [-0.39, 0.29) is 11.9 Å². The first kappa shape index (κ1) is 12.2. The molecular weight excluding hydrogens is 188 g/mol. The minimum Gasteiger partial charge on any atom is -0.335 e. The summed E-state index contributed by atoms with van der Waals surface area (Å²) in [6.45, 7) is 10.8. The summed E-state index contributed by atoms with van der Waals surface area (Å²) >= 11 is 0. The minimum absolute atomic E-state index is 0.0535. The SMILES string of the molecule is C=CC(=O)N1CCC[C@@H](NC(C)C)[C@H]1C. The number of piperidine rings is 1. The van der Waals surface area contributed by atoms with Gasteiger partial charge in [-0.15, -0.1) is 0 Å². The maximum atomic E-state index is 11.6. The number of carbonyl (C=O) groups excluding carboxylic acids is 1. The zero-order chi connectivity index (χ0) is 11.4. The van der Waals surface area contributed by atoms with Gasteiger partial charge >= 0.3 is 0 Å². The van der Waals surface area contributed by atoms with Crippen LogP contribution < -0.4 is 5.32 Å². The first-order valence-corrected chi connectivity index (χ1v) is 5.75. The van der Waals surface area contributed by atoms with Crippen molar-refractivity contribution in [3.63, 3.8) is 0 Å². The summed E-state index contributed by atoms with van der Waals surface area (Å²) in [5.74, 6) is 0.0535. The zero-order valence-electron chi connectivity index (χ0n) is 9.99. The first-order valence-electron chi connectivity index (χ1n) is 5.75. The Hall–Kier alpha value is -0.830. The molecule has 0 spiro atoms. The fourth-order valence-electron chi connectivity index (χ4n) is 2.22. The molecular formula is C12H22N2O. The number of rotatable bonds is 3. The molecule has 1 aliphatic heterocycles. The Balaban J connectivity index is 2.62. The van der Waals surface area contributed by atoms with E-state index in [4.69, 9.17) is 0 Å². The monoisotopic (exact) mass is 210 g/mol. The molecule has 1 amide bonds. The van der Waals surface area contributed by atoms with Crippen molar-refractivity contribution in [2.24, 2.45) is 0 Å². The van der Waals surface area contributed by atoms with Crippen LogP contribution in [0.25, 0.3) is 0 Å². The van der Waals surface area contributed by atoms with Gasteiger partial charge in [0.2, 0.25) is 5.91 Å². The molecule has 1 aliphatic rings. The van der Waals surface area contributed by atoms with Gasteiger partial charge in [-0.05, 0) is 25.8 Å². The fraction of sp³-hybridized carbons (Fsp3) is 0.750. The molecule has 15 heavy (non-hydrogen) atoms. The third-order valence-electron chi connectivity index (χ3n) is 2.99. The van der Waals surface area contributed by atoms with Crippen LogP contribution in [-0.4, -0.2) is 35.5 Å². The lowest BCUT2D eigenvalue weighted by molar-refractivity contribution is -0.129. The van der Waals surface area contributed by atoms with Crippen LogP contribution in [0.3, 0.4) is 0 Å². The number of hydrogen-bond donors (Lipinski definition) is 1. The zero-order valence-corrected chi connectivity index (χ0v) is 9.99. The largest absolute Gasteiger partial charge is 0.335 e. The van der Waals surface area contributed by atoms with Crippen LogP contribution in [0.4, 0.5) is 0 Å². The molecule has 1 N–H and O–H groups in total. The van der Waals surface area contributed by atoms with Gasteiger partial charge in [0.15, 0.2) is 0 Å². The number of nitrogens with one attached hydrogen (secondary N) is 1. The fourth-order valence-corrected chi connectivity index (χ4v) is 2.22. The second kappa shape index (κ2) is 5.31. The maximum Gasteiger partial charge on any atom is 0.246 e. The first-order chi connectivity index (χ1) is 7.06. The number of hydrogen-bond acceptors (Lipinski definition) is 2. The summed E-state index contributed by atoms with van der Waals surface area (Å²) < 4.78 is 0. The van der Waals surface area contributed by atoms with E-state index in [0.717, 1.165) is 19.4 Å². The average Bonchev–Trinajstić information content (AvgIpc) is 2.19. The van der Waals surface area contributed by atoms with Gasteiger partial charge in [-0.25, -0.2) is 0 Å².